The summed E-state index contributed by atoms with van der Waals surface area (Å²) in [7, 11) is 0. The van der Waals surface area contributed by atoms with Crippen molar-refractivity contribution in [2.45, 2.75) is 6.92 Å². The smallest absolute Gasteiger partial charge is 0.116 e. The minimum atomic E-state index is 0. The van der Waals surface area contributed by atoms with E-state index in [1.807, 2.05) is 6.92 Å². The number of aliphatic imine (C=N–C) groups is 1. The quantitative estimate of drug-likeness (QED) is 0.570. The summed E-state index contributed by atoms with van der Waals surface area (Å²) < 4.78 is 0. The first-order chi connectivity index (χ1) is 3.79. The molecule has 3 heteroatoms. The van der Waals surface area contributed by atoms with Crippen LogP contribution in [-0.2, 0) is 32.7 Å². The van der Waals surface area contributed by atoms with Gasteiger partial charge in [0.25, 0.3) is 0 Å². The van der Waals surface area contributed by atoms with Crippen LogP contribution >= 0.6 is 0 Å². The molecule has 0 amide bonds. The Morgan fingerprint density at radius 1 is 1.78 bits per heavy atom. The van der Waals surface area contributed by atoms with E-state index in [2.05, 4.69) is 23.0 Å². The Labute approximate surface area is 80.0 Å². The molecule has 0 aliphatic carbocycles. The maximum Gasteiger partial charge on any atom is 0.116 e. The molecule has 1 N–H and O–H groups in total. The molecule has 0 aromatic carbocycles. The Bertz CT molecular complexity index is 170. The molecule has 0 aromatic rings. The molecule has 0 spiro atoms. The molecular formula is C6H7N2Y-. The van der Waals surface area contributed by atoms with Crippen molar-refractivity contribution in [3.05, 3.63) is 24.7 Å². The van der Waals surface area contributed by atoms with E-state index in [-0.39, 0.29) is 32.7 Å². The van der Waals surface area contributed by atoms with Gasteiger partial charge in [-0.05, 0) is 0 Å². The number of allylic oxidation sites excluding steroid dienone is 1. The van der Waals surface area contributed by atoms with E-state index in [1.165, 1.54) is 0 Å². The minimum absolute atomic E-state index is 0. The van der Waals surface area contributed by atoms with E-state index < -0.39 is 0 Å². The molecule has 1 aliphatic heterocycles. The summed E-state index contributed by atoms with van der Waals surface area (Å²) in [5, 5.41) is 2.79. The zero-order chi connectivity index (χ0) is 5.98. The van der Waals surface area contributed by atoms with Crippen molar-refractivity contribution >= 4 is 5.71 Å². The first kappa shape index (κ1) is 9.05. The summed E-state index contributed by atoms with van der Waals surface area (Å²) in [6, 6.07) is 0. The van der Waals surface area contributed by atoms with Crippen LogP contribution in [0.2, 0.25) is 0 Å². The molecule has 1 radical (unpaired) electrons. The van der Waals surface area contributed by atoms with Crippen LogP contribution < -0.4 is 5.32 Å². The monoisotopic (exact) mass is 196 g/mol. The second kappa shape index (κ2) is 3.96. The van der Waals surface area contributed by atoms with Gasteiger partial charge >= 0.3 is 0 Å². The van der Waals surface area contributed by atoms with Crippen molar-refractivity contribution in [2.24, 2.45) is 4.99 Å². The molecule has 45 valence electrons. The van der Waals surface area contributed by atoms with Gasteiger partial charge in [-0.25, -0.2) is 0 Å². The van der Waals surface area contributed by atoms with Gasteiger partial charge in [0, 0.05) is 32.7 Å². The maximum absolute atomic E-state index is 3.95. The molecule has 0 saturated carbocycles. The average Bonchev–Trinajstić information content (AvgIpc) is 1.64. The molecule has 0 bridgehead atoms. The van der Waals surface area contributed by atoms with Gasteiger partial charge in [0.2, 0.25) is 0 Å². The predicted molar refractivity (Wildman–Crippen MR) is 33.2 cm³/mol. The van der Waals surface area contributed by atoms with Gasteiger partial charge < -0.3 is 11.4 Å². The second-order valence-electron chi connectivity index (χ2n) is 1.58. The number of rotatable bonds is 0. The van der Waals surface area contributed by atoms with E-state index in [9.17, 15) is 0 Å². The summed E-state index contributed by atoms with van der Waals surface area (Å²) in [4.78, 5) is 3.95. The Morgan fingerprint density at radius 2 is 2.44 bits per heavy atom. The van der Waals surface area contributed by atoms with Gasteiger partial charge in [-0.1, -0.05) is 13.5 Å². The third kappa shape index (κ3) is 2.92. The maximum atomic E-state index is 3.95. The Morgan fingerprint density at radius 3 is 2.78 bits per heavy atom. The van der Waals surface area contributed by atoms with Gasteiger partial charge in [-0.2, -0.15) is 6.20 Å². The molecule has 0 fully saturated rings. The fourth-order valence-corrected chi connectivity index (χ4v) is 0.491. The number of nitrogens with zero attached hydrogens (tertiary/aromatic N) is 1. The van der Waals surface area contributed by atoms with Crippen molar-refractivity contribution in [3.63, 3.8) is 0 Å². The third-order valence-corrected chi connectivity index (χ3v) is 0.823. The Balaban J connectivity index is 0.000000640. The van der Waals surface area contributed by atoms with Crippen LogP contribution in [0.5, 0.6) is 0 Å². The van der Waals surface area contributed by atoms with Crippen LogP contribution in [0.4, 0.5) is 0 Å². The molecule has 0 atom stereocenters. The molecular weight excluding hydrogens is 189 g/mol. The van der Waals surface area contributed by atoms with Crippen LogP contribution in [0.25, 0.3) is 0 Å². The summed E-state index contributed by atoms with van der Waals surface area (Å²) >= 11 is 0. The van der Waals surface area contributed by atoms with Crippen molar-refractivity contribution in [1.82, 2.24) is 5.32 Å². The second-order valence-corrected chi connectivity index (χ2v) is 1.58. The van der Waals surface area contributed by atoms with Crippen molar-refractivity contribution in [2.75, 3.05) is 0 Å². The first-order valence-electron chi connectivity index (χ1n) is 2.38. The van der Waals surface area contributed by atoms with Crippen LogP contribution in [0.3, 0.4) is 0 Å². The van der Waals surface area contributed by atoms with Gasteiger partial charge in [0.1, 0.15) is 5.82 Å². The standard InChI is InChI=1S/C6H7N2.Y/c1-5-3-4-7-6(2)8-5;/h4,7H,2H2,1H3;/q-1;. The molecule has 1 rings (SSSR count). The van der Waals surface area contributed by atoms with Gasteiger partial charge in [0.05, 0.1) is 0 Å². The fraction of sp³-hybridized carbons (Fsp3) is 0.167. The van der Waals surface area contributed by atoms with Crippen LogP contribution in [0.15, 0.2) is 23.6 Å². The molecule has 0 unspecified atom stereocenters. The largest absolute Gasteiger partial charge is 0.433 e. The predicted octanol–water partition coefficient (Wildman–Crippen LogP) is 0.836. The van der Waals surface area contributed by atoms with Gasteiger partial charge in [0.15, 0.2) is 0 Å². The Kier molecular flexibility index (Phi) is 3.99. The van der Waals surface area contributed by atoms with Crippen LogP contribution in [0.1, 0.15) is 6.92 Å². The van der Waals surface area contributed by atoms with Crippen molar-refractivity contribution in [3.8, 4) is 0 Å². The van der Waals surface area contributed by atoms with E-state index in [0.717, 1.165) is 5.71 Å². The van der Waals surface area contributed by atoms with Gasteiger partial charge in [-0.3, -0.25) is 4.99 Å². The average molecular weight is 196 g/mol. The van der Waals surface area contributed by atoms with Crippen molar-refractivity contribution in [1.29, 1.82) is 0 Å². The zero-order valence-corrected chi connectivity index (χ0v) is 8.15. The Hall–Kier alpha value is 0.0539. The molecule has 0 saturated heterocycles. The summed E-state index contributed by atoms with van der Waals surface area (Å²) in [6.45, 7) is 5.47. The van der Waals surface area contributed by atoms with E-state index in [0.29, 0.717) is 5.82 Å². The SMILES string of the molecule is C=C1N=C(C)[C-]=CN1.[Y]. The van der Waals surface area contributed by atoms with E-state index in [1.54, 1.807) is 6.20 Å². The summed E-state index contributed by atoms with van der Waals surface area (Å²) in [6.07, 6.45) is 4.56. The van der Waals surface area contributed by atoms with E-state index in [4.69, 9.17) is 0 Å². The molecule has 9 heavy (non-hydrogen) atoms. The molecule has 1 aliphatic rings. The topological polar surface area (TPSA) is 24.4 Å². The number of hydrogen-bond donors (Lipinski definition) is 1. The number of nitrogens with one attached hydrogen (secondary N) is 1. The first-order valence-corrected chi connectivity index (χ1v) is 2.38. The van der Waals surface area contributed by atoms with Crippen molar-refractivity contribution < 1.29 is 32.7 Å². The zero-order valence-electron chi connectivity index (χ0n) is 5.31. The summed E-state index contributed by atoms with van der Waals surface area (Å²) in [5.41, 5.74) is 0.869. The molecule has 1 heterocycles. The fourth-order valence-electron chi connectivity index (χ4n) is 0.491. The molecule has 0 aromatic heterocycles. The third-order valence-electron chi connectivity index (χ3n) is 0.823. The van der Waals surface area contributed by atoms with Crippen LogP contribution in [0, 0.1) is 6.08 Å². The molecule has 2 nitrogen and oxygen atoms in total. The van der Waals surface area contributed by atoms with Gasteiger partial charge in [-0.15, -0.1) is 5.71 Å². The van der Waals surface area contributed by atoms with E-state index >= 15 is 0 Å². The normalized spacial score (nSPS) is 15.7. The van der Waals surface area contributed by atoms with Crippen LogP contribution in [-0.4, -0.2) is 5.71 Å². The summed E-state index contributed by atoms with van der Waals surface area (Å²) in [5.74, 6) is 0.682. The minimum Gasteiger partial charge on any atom is -0.433 e. The number of hydrogen-bond acceptors (Lipinski definition) is 2.